The van der Waals surface area contributed by atoms with Crippen molar-refractivity contribution in [2.45, 2.75) is 26.2 Å². The van der Waals surface area contributed by atoms with Gasteiger partial charge in [0.25, 0.3) is 0 Å². The summed E-state index contributed by atoms with van der Waals surface area (Å²) in [5.74, 6) is 0.314. The van der Waals surface area contributed by atoms with E-state index >= 15 is 0 Å². The van der Waals surface area contributed by atoms with E-state index in [4.69, 9.17) is 4.74 Å². The first-order chi connectivity index (χ1) is 7.20. The van der Waals surface area contributed by atoms with Crippen molar-refractivity contribution in [2.75, 3.05) is 6.51 Å². The summed E-state index contributed by atoms with van der Waals surface area (Å²) in [5, 5.41) is 0. The first kappa shape index (κ1) is 12.9. The number of hydrogen-bond donors (Lipinski definition) is 0. The van der Waals surface area contributed by atoms with Crippen molar-refractivity contribution in [1.82, 2.24) is 0 Å². The van der Waals surface area contributed by atoms with Gasteiger partial charge in [-0.25, -0.2) is 0 Å². The van der Waals surface area contributed by atoms with Crippen molar-refractivity contribution in [3.8, 4) is 5.75 Å². The van der Waals surface area contributed by atoms with Crippen LogP contribution in [-0.4, -0.2) is 13.5 Å². The minimum Gasteiger partial charge on any atom is -0.521 e. The molecule has 0 saturated carbocycles. The maximum Gasteiger partial charge on any atom is 0.515 e. The fraction of sp³-hybridized carbons (Fsp3) is 0.455. The molecule has 0 bridgehead atoms. The number of rotatable bonds is 3. The number of ether oxygens (including phenoxy) is 1. The standard InChI is InChI=1S/C11H15BF3O/c1-11(2,3)9-6-4-5-7-10(9)16-8-12(13,14)15/h4-7H,8H2,1-3H3/q-1. The molecule has 1 aromatic carbocycles. The Morgan fingerprint density at radius 3 is 2.19 bits per heavy atom. The topological polar surface area (TPSA) is 9.23 Å². The van der Waals surface area contributed by atoms with Gasteiger partial charge in [0.2, 0.25) is 0 Å². The van der Waals surface area contributed by atoms with Crippen molar-refractivity contribution in [2.24, 2.45) is 0 Å². The molecule has 0 aliphatic rings. The lowest BCUT2D eigenvalue weighted by Gasteiger charge is -2.24. The highest BCUT2D eigenvalue weighted by molar-refractivity contribution is 6.58. The van der Waals surface area contributed by atoms with Gasteiger partial charge in [0.1, 0.15) is 5.75 Å². The molecule has 5 heteroatoms. The van der Waals surface area contributed by atoms with Crippen LogP contribution in [-0.2, 0) is 5.41 Å². The second-order valence-electron chi connectivity index (χ2n) is 4.77. The summed E-state index contributed by atoms with van der Waals surface area (Å²) in [7, 11) is 0. The lowest BCUT2D eigenvalue weighted by molar-refractivity contribution is 0.306. The molecule has 0 atom stereocenters. The van der Waals surface area contributed by atoms with Crippen LogP contribution in [0.1, 0.15) is 26.3 Å². The third-order valence-corrected chi connectivity index (χ3v) is 2.12. The Morgan fingerprint density at radius 2 is 1.69 bits per heavy atom. The highest BCUT2D eigenvalue weighted by Gasteiger charge is 2.26. The Hall–Kier alpha value is -1.13. The minimum atomic E-state index is -4.91. The van der Waals surface area contributed by atoms with Crippen molar-refractivity contribution in [3.05, 3.63) is 29.8 Å². The molecule has 16 heavy (non-hydrogen) atoms. The lowest BCUT2D eigenvalue weighted by Crippen LogP contribution is -2.27. The third-order valence-electron chi connectivity index (χ3n) is 2.12. The number of hydrogen-bond acceptors (Lipinski definition) is 1. The van der Waals surface area contributed by atoms with E-state index in [1.54, 1.807) is 24.3 Å². The second-order valence-corrected chi connectivity index (χ2v) is 4.77. The van der Waals surface area contributed by atoms with E-state index in [-0.39, 0.29) is 5.41 Å². The molecule has 0 aliphatic heterocycles. The van der Waals surface area contributed by atoms with E-state index in [1.165, 1.54) is 0 Å². The maximum atomic E-state index is 12.1. The van der Waals surface area contributed by atoms with Crippen LogP contribution in [0.4, 0.5) is 12.9 Å². The monoisotopic (exact) mass is 231 g/mol. The molecule has 0 heterocycles. The fourth-order valence-corrected chi connectivity index (χ4v) is 1.40. The second kappa shape index (κ2) is 4.40. The van der Waals surface area contributed by atoms with Gasteiger partial charge in [-0.2, -0.15) is 0 Å². The average molecular weight is 231 g/mol. The SMILES string of the molecule is CC(C)(C)c1ccccc1OC[B-](F)(F)F. The number of benzene rings is 1. The van der Waals surface area contributed by atoms with Crippen molar-refractivity contribution >= 4 is 6.98 Å². The summed E-state index contributed by atoms with van der Waals surface area (Å²) >= 11 is 0. The van der Waals surface area contributed by atoms with Crippen LogP contribution >= 0.6 is 0 Å². The summed E-state index contributed by atoms with van der Waals surface area (Å²) in [5.41, 5.74) is 0.560. The van der Waals surface area contributed by atoms with Crippen LogP contribution in [0, 0.1) is 0 Å². The molecule has 0 fully saturated rings. The van der Waals surface area contributed by atoms with E-state index in [9.17, 15) is 12.9 Å². The first-order valence-electron chi connectivity index (χ1n) is 5.13. The molecule has 0 amide bonds. The van der Waals surface area contributed by atoms with E-state index in [0.29, 0.717) is 5.75 Å². The largest absolute Gasteiger partial charge is 0.521 e. The van der Waals surface area contributed by atoms with E-state index in [0.717, 1.165) is 5.56 Å². The Kier molecular flexibility index (Phi) is 3.56. The molecule has 0 spiro atoms. The van der Waals surface area contributed by atoms with E-state index in [1.807, 2.05) is 20.8 Å². The van der Waals surface area contributed by atoms with Gasteiger partial charge >= 0.3 is 6.98 Å². The van der Waals surface area contributed by atoms with Gasteiger partial charge in [0.05, 0.1) is 6.51 Å². The predicted octanol–water partition coefficient (Wildman–Crippen LogP) is 3.75. The molecule has 1 nitrogen and oxygen atoms in total. The van der Waals surface area contributed by atoms with Gasteiger partial charge in [-0.15, -0.1) is 0 Å². The van der Waals surface area contributed by atoms with Gasteiger partial charge in [0, 0.05) is 0 Å². The van der Waals surface area contributed by atoms with Crippen LogP contribution in [0.5, 0.6) is 5.75 Å². The smallest absolute Gasteiger partial charge is 0.515 e. The molecule has 0 saturated heterocycles. The van der Waals surface area contributed by atoms with Crippen LogP contribution in [0.25, 0.3) is 0 Å². The number of para-hydroxylation sites is 1. The Morgan fingerprint density at radius 1 is 1.12 bits per heavy atom. The van der Waals surface area contributed by atoms with Crippen LogP contribution in [0.2, 0.25) is 0 Å². The molecule has 1 aromatic rings. The molecule has 0 aliphatic carbocycles. The lowest BCUT2D eigenvalue weighted by atomic mass is 9.86. The van der Waals surface area contributed by atoms with Crippen LogP contribution in [0.15, 0.2) is 24.3 Å². The van der Waals surface area contributed by atoms with Gasteiger partial charge in [-0.05, 0) is 17.0 Å². The minimum absolute atomic E-state index is 0.227. The van der Waals surface area contributed by atoms with Gasteiger partial charge in [-0.3, -0.25) is 0 Å². The Balaban J connectivity index is 2.88. The molecule has 0 aromatic heterocycles. The van der Waals surface area contributed by atoms with Crippen molar-refractivity contribution < 1.29 is 17.7 Å². The third kappa shape index (κ3) is 3.79. The normalized spacial score (nSPS) is 12.6. The zero-order valence-electron chi connectivity index (χ0n) is 9.64. The fourth-order valence-electron chi connectivity index (χ4n) is 1.40. The molecule has 90 valence electrons. The highest BCUT2D eigenvalue weighted by Crippen LogP contribution is 2.31. The average Bonchev–Trinajstić information content (AvgIpc) is 2.12. The van der Waals surface area contributed by atoms with Gasteiger partial charge < -0.3 is 17.7 Å². The quantitative estimate of drug-likeness (QED) is 0.719. The summed E-state index contributed by atoms with van der Waals surface area (Å²) in [6, 6.07) is 6.83. The Bertz CT molecular complexity index is 355. The van der Waals surface area contributed by atoms with E-state index < -0.39 is 13.5 Å². The molecular weight excluding hydrogens is 216 g/mol. The summed E-state index contributed by atoms with van der Waals surface area (Å²) < 4.78 is 41.2. The zero-order valence-corrected chi connectivity index (χ0v) is 9.64. The number of halogens is 3. The predicted molar refractivity (Wildman–Crippen MR) is 59.7 cm³/mol. The Labute approximate surface area is 93.7 Å². The molecular formula is C11H15BF3O-. The highest BCUT2D eigenvalue weighted by atomic mass is 19.4. The van der Waals surface area contributed by atoms with Crippen molar-refractivity contribution in [1.29, 1.82) is 0 Å². The van der Waals surface area contributed by atoms with Gasteiger partial charge in [0.15, 0.2) is 0 Å². The zero-order chi connectivity index (χ0) is 12.4. The van der Waals surface area contributed by atoms with E-state index in [2.05, 4.69) is 0 Å². The van der Waals surface area contributed by atoms with Gasteiger partial charge in [-0.1, -0.05) is 39.0 Å². The molecule has 0 radical (unpaired) electrons. The molecule has 0 unspecified atom stereocenters. The summed E-state index contributed by atoms with van der Waals surface area (Å²) in [4.78, 5) is 0. The maximum absolute atomic E-state index is 12.1. The summed E-state index contributed by atoms with van der Waals surface area (Å²) in [6.45, 7) is -0.277. The van der Waals surface area contributed by atoms with Crippen LogP contribution < -0.4 is 4.74 Å². The molecule has 0 N–H and O–H groups in total. The first-order valence-corrected chi connectivity index (χ1v) is 5.13. The summed E-state index contributed by atoms with van der Waals surface area (Å²) in [6.07, 6.45) is 0. The molecule has 1 rings (SSSR count). The van der Waals surface area contributed by atoms with Crippen molar-refractivity contribution in [3.63, 3.8) is 0 Å². The van der Waals surface area contributed by atoms with Crippen LogP contribution in [0.3, 0.4) is 0 Å².